The second-order valence-electron chi connectivity index (χ2n) is 23.6. The van der Waals surface area contributed by atoms with Crippen LogP contribution in [0.15, 0.2) is 144 Å². The summed E-state index contributed by atoms with van der Waals surface area (Å²) < 4.78 is 54.4. The topological polar surface area (TPSA) is 56.7 Å². The molecule has 0 fully saturated rings. The van der Waals surface area contributed by atoms with Crippen LogP contribution < -0.4 is 10.4 Å². The standard InChI is InChI=1S/C51H51N2OSi2.C16H19N2.Ir/c1-31(2)42-27-36(35-24-37(55(5,6)7)29-38(25-35)56(8,9)10)28-43(32(3)4)49(42)53-47-21-14-13-20-46(47)52-51(53)41-19-15-18-40-45-26-34-23-22-33-16-11-12-17-39(33)44(34)30-48(45)54-50(40)41;1-11-6-8-13(9-7-11)15-17-10-12(2)14(18-15)16(3,4)5;/h11-18,20-32H,1-10H3;6-8,10H,1-5H3;/q2*-1;/i;1D3,2D3;. The summed E-state index contributed by atoms with van der Waals surface area (Å²) >= 11 is 0. The van der Waals surface area contributed by atoms with Crippen molar-refractivity contribution >= 4 is 81.0 Å². The summed E-state index contributed by atoms with van der Waals surface area (Å²) in [5.74, 6) is 1.71. The third kappa shape index (κ3) is 10.4. The van der Waals surface area contributed by atoms with E-state index in [2.05, 4.69) is 203 Å². The van der Waals surface area contributed by atoms with Crippen LogP contribution in [0.25, 0.3) is 94.1 Å². The number of aryl methyl sites for hydroxylation is 2. The molecule has 8 heteroatoms. The molecule has 0 aliphatic heterocycles. The van der Waals surface area contributed by atoms with E-state index >= 15 is 0 Å². The maximum atomic E-state index is 7.65. The SMILES string of the molecule is CC(C)c1cc(-c2cc([Si](C)(C)C)cc([Si](C)(C)C)c2)cc(C(C)C)c1-n1c(-c2[c-]ccc3c2oc2cc4c(ccc5ccccc54)cc23)nc2ccccc21.[2H]C([2H])([2H])c1c[c-]c(-c2ncc(C([2H])([2H])[2H])c(C(C)(C)C)n2)cc1.[Ir]. The van der Waals surface area contributed by atoms with Crippen molar-refractivity contribution in [3.63, 3.8) is 0 Å². The zero-order valence-corrected chi connectivity index (χ0v) is 49.9. The summed E-state index contributed by atoms with van der Waals surface area (Å²) in [5.41, 5.74) is 11.9. The number of hydrogen-bond donors (Lipinski definition) is 0. The normalized spacial score (nSPS) is 13.9. The molecular weight excluding hydrogens is 1130 g/mol. The quantitative estimate of drug-likeness (QED) is 0.0864. The Labute approximate surface area is 468 Å². The third-order valence-corrected chi connectivity index (χ3v) is 18.3. The van der Waals surface area contributed by atoms with Gasteiger partial charge in [0, 0.05) is 56.7 Å². The Balaban J connectivity index is 0.000000267. The molecule has 0 saturated heterocycles. The van der Waals surface area contributed by atoms with E-state index in [1.807, 2.05) is 26.8 Å². The fourth-order valence-corrected chi connectivity index (χ4v) is 12.6. The number of benzene rings is 8. The van der Waals surface area contributed by atoms with Gasteiger partial charge in [-0.15, -0.1) is 53.6 Å². The molecule has 11 rings (SSSR count). The molecule has 1 radical (unpaired) electrons. The van der Waals surface area contributed by atoms with Crippen LogP contribution in [-0.4, -0.2) is 35.7 Å². The van der Waals surface area contributed by atoms with E-state index in [4.69, 9.17) is 17.6 Å². The number of nitrogens with zero attached hydrogens (tertiary/aromatic N) is 4. The molecule has 0 N–H and O–H groups in total. The van der Waals surface area contributed by atoms with Gasteiger partial charge in [-0.1, -0.05) is 183 Å². The molecule has 3 aromatic heterocycles. The van der Waals surface area contributed by atoms with Crippen molar-refractivity contribution in [2.45, 2.75) is 119 Å². The Morgan fingerprint density at radius 1 is 0.640 bits per heavy atom. The predicted molar refractivity (Wildman–Crippen MR) is 322 cm³/mol. The maximum absolute atomic E-state index is 7.65. The Morgan fingerprint density at radius 3 is 1.95 bits per heavy atom. The molecule has 0 saturated carbocycles. The van der Waals surface area contributed by atoms with Crippen molar-refractivity contribution in [2.75, 3.05) is 0 Å². The number of aromatic nitrogens is 4. The Bertz CT molecular complexity index is 4120. The second-order valence-corrected chi connectivity index (χ2v) is 33.8. The van der Waals surface area contributed by atoms with Crippen LogP contribution in [-0.2, 0) is 25.5 Å². The minimum Gasteiger partial charge on any atom is -0.501 e. The van der Waals surface area contributed by atoms with Gasteiger partial charge in [0.2, 0.25) is 0 Å². The third-order valence-electron chi connectivity index (χ3n) is 14.3. The minimum absolute atomic E-state index is 0. The monoisotopic (exact) mass is 1200 g/mol. The summed E-state index contributed by atoms with van der Waals surface area (Å²) in [6.07, 6.45) is 1.32. The molecule has 0 amide bonds. The van der Waals surface area contributed by atoms with Gasteiger partial charge in [-0.3, -0.25) is 15.0 Å². The van der Waals surface area contributed by atoms with Crippen molar-refractivity contribution in [2.24, 2.45) is 0 Å². The summed E-state index contributed by atoms with van der Waals surface area (Å²) in [4.78, 5) is 14.0. The molecule has 3 heterocycles. The number of furan rings is 1. The van der Waals surface area contributed by atoms with Crippen LogP contribution in [0.4, 0.5) is 0 Å². The smallest absolute Gasteiger partial charge is 0.121 e. The summed E-state index contributed by atoms with van der Waals surface area (Å²) in [6, 6.07) is 53.7. The molecule has 5 nitrogen and oxygen atoms in total. The van der Waals surface area contributed by atoms with Gasteiger partial charge in [0.05, 0.1) is 44.4 Å². The molecule has 0 spiro atoms. The molecule has 0 atom stereocenters. The summed E-state index contributed by atoms with van der Waals surface area (Å²) in [6.45, 7) is 25.3. The van der Waals surface area contributed by atoms with E-state index in [1.54, 1.807) is 6.07 Å². The molecule has 75 heavy (non-hydrogen) atoms. The zero-order valence-electron chi connectivity index (χ0n) is 51.5. The number of hydrogen-bond acceptors (Lipinski definition) is 4. The number of fused-ring (bicyclic) bond motifs is 7. The molecule has 11 aromatic rings. The summed E-state index contributed by atoms with van der Waals surface area (Å²) in [7, 11) is -3.15. The summed E-state index contributed by atoms with van der Waals surface area (Å²) in [5, 5.41) is 10.1. The molecule has 8 aromatic carbocycles. The van der Waals surface area contributed by atoms with E-state index in [0.717, 1.165) is 44.4 Å². The van der Waals surface area contributed by atoms with E-state index in [0.29, 0.717) is 17.1 Å². The van der Waals surface area contributed by atoms with Crippen LogP contribution in [0.5, 0.6) is 0 Å². The Morgan fingerprint density at radius 2 is 1.31 bits per heavy atom. The van der Waals surface area contributed by atoms with Gasteiger partial charge in [-0.2, -0.15) is 0 Å². The van der Waals surface area contributed by atoms with Gasteiger partial charge >= 0.3 is 0 Å². The van der Waals surface area contributed by atoms with Gasteiger partial charge in [-0.05, 0) is 104 Å². The largest absolute Gasteiger partial charge is 0.501 e. The van der Waals surface area contributed by atoms with Crippen LogP contribution in [0.2, 0.25) is 39.3 Å². The second kappa shape index (κ2) is 20.3. The number of rotatable bonds is 8. The van der Waals surface area contributed by atoms with Gasteiger partial charge < -0.3 is 8.98 Å². The van der Waals surface area contributed by atoms with Crippen LogP contribution in [0.3, 0.4) is 0 Å². The van der Waals surface area contributed by atoms with Crippen LogP contribution in [0.1, 0.15) is 96.5 Å². The minimum atomic E-state index is -2.30. The fourth-order valence-electron chi connectivity index (χ4n) is 10.1. The molecule has 0 aliphatic carbocycles. The van der Waals surface area contributed by atoms with Crippen LogP contribution in [0, 0.1) is 25.8 Å². The molecular formula is C67H70IrN4OSi2-2. The number of para-hydroxylation sites is 2. The van der Waals surface area contributed by atoms with Gasteiger partial charge in [-0.25, -0.2) is 0 Å². The average molecular weight is 1200 g/mol. The average Bonchev–Trinajstić information content (AvgIpc) is 4.19. The maximum Gasteiger partial charge on any atom is 0.121 e. The van der Waals surface area contributed by atoms with Gasteiger partial charge in [0.15, 0.2) is 0 Å². The van der Waals surface area contributed by atoms with Crippen molar-refractivity contribution in [3.05, 3.63) is 180 Å². The van der Waals surface area contributed by atoms with E-state index in [1.165, 1.54) is 78.2 Å². The first kappa shape index (κ1) is 46.1. The predicted octanol–water partition coefficient (Wildman–Crippen LogP) is 17.6. The first-order chi connectivity index (χ1) is 37.5. The Kier molecular flexibility index (Phi) is 12.5. The first-order valence-electron chi connectivity index (χ1n) is 28.9. The molecule has 0 unspecified atom stereocenters. The van der Waals surface area contributed by atoms with Crippen molar-refractivity contribution in [3.8, 4) is 39.6 Å². The molecule has 0 aliphatic rings. The van der Waals surface area contributed by atoms with E-state index in [-0.39, 0.29) is 43.1 Å². The first-order valence-corrected chi connectivity index (χ1v) is 32.9. The van der Waals surface area contributed by atoms with Crippen molar-refractivity contribution < 1.29 is 32.7 Å². The molecule has 0 bridgehead atoms. The fraction of sp³-hybridized carbons (Fsp3) is 0.269. The van der Waals surface area contributed by atoms with Crippen molar-refractivity contribution in [1.82, 2.24) is 19.5 Å². The van der Waals surface area contributed by atoms with E-state index in [9.17, 15) is 0 Å². The van der Waals surface area contributed by atoms with Gasteiger partial charge in [0.25, 0.3) is 0 Å². The van der Waals surface area contributed by atoms with Crippen molar-refractivity contribution in [1.29, 1.82) is 0 Å². The van der Waals surface area contributed by atoms with Crippen LogP contribution >= 0.6 is 0 Å². The molecule has 383 valence electrons. The number of imidazole rings is 1. The zero-order chi connectivity index (χ0) is 57.6. The van der Waals surface area contributed by atoms with E-state index < -0.39 is 35.3 Å². The van der Waals surface area contributed by atoms with Gasteiger partial charge in [0.1, 0.15) is 5.58 Å². The Hall–Kier alpha value is -6.29.